The summed E-state index contributed by atoms with van der Waals surface area (Å²) in [6.45, 7) is 0. The van der Waals surface area contributed by atoms with Gasteiger partial charge in [0.15, 0.2) is 0 Å². The van der Waals surface area contributed by atoms with Crippen LogP contribution >= 0.6 is 15.9 Å². The highest BCUT2D eigenvalue weighted by Crippen LogP contribution is 2.18. The second-order valence-corrected chi connectivity index (χ2v) is 7.46. The Kier molecular flexibility index (Phi) is 7.41. The van der Waals surface area contributed by atoms with E-state index in [-0.39, 0.29) is 16.9 Å². The first-order valence-electron chi connectivity index (χ1n) is 9.43. The van der Waals surface area contributed by atoms with Crippen molar-refractivity contribution in [2.24, 2.45) is 0 Å². The monoisotopic (exact) mass is 494 g/mol. The van der Waals surface area contributed by atoms with Crippen LogP contribution in [0.5, 0.6) is 5.75 Å². The number of anilines is 1. The van der Waals surface area contributed by atoms with Gasteiger partial charge in [0.05, 0.1) is 18.2 Å². The highest BCUT2D eigenvalue weighted by atomic mass is 79.9. The van der Waals surface area contributed by atoms with E-state index in [9.17, 15) is 14.4 Å². The fourth-order valence-electron chi connectivity index (χ4n) is 2.79. The van der Waals surface area contributed by atoms with Gasteiger partial charge in [0.25, 0.3) is 11.8 Å². The number of nitrogens with one attached hydrogen (secondary N) is 2. The Morgan fingerprint density at radius 3 is 2.34 bits per heavy atom. The number of carboxylic acids is 1. The third kappa shape index (κ3) is 5.83. The summed E-state index contributed by atoms with van der Waals surface area (Å²) in [6, 6.07) is 19.6. The van der Waals surface area contributed by atoms with Crippen molar-refractivity contribution >= 4 is 45.5 Å². The molecule has 3 rings (SSSR count). The number of methoxy groups -OCH3 is 1. The lowest BCUT2D eigenvalue weighted by Crippen LogP contribution is -2.31. The number of ether oxygens (including phenoxy) is 1. The first kappa shape index (κ1) is 22.8. The molecule has 2 amide bonds. The van der Waals surface area contributed by atoms with Crippen molar-refractivity contribution in [1.29, 1.82) is 0 Å². The number of aromatic carboxylic acids is 1. The summed E-state index contributed by atoms with van der Waals surface area (Å²) >= 11 is 3.33. The van der Waals surface area contributed by atoms with Gasteiger partial charge in [-0.2, -0.15) is 0 Å². The van der Waals surface area contributed by atoms with Crippen LogP contribution in [0, 0.1) is 0 Å². The van der Waals surface area contributed by atoms with E-state index in [1.54, 1.807) is 61.7 Å². The molecule has 0 spiro atoms. The number of amides is 2. The van der Waals surface area contributed by atoms with Gasteiger partial charge in [0, 0.05) is 10.2 Å². The lowest BCUT2D eigenvalue weighted by molar-refractivity contribution is -0.113. The van der Waals surface area contributed by atoms with E-state index in [4.69, 9.17) is 9.84 Å². The van der Waals surface area contributed by atoms with Crippen LogP contribution in [-0.2, 0) is 4.79 Å². The number of carboxylic acid groups (broad SMARTS) is 1. The summed E-state index contributed by atoms with van der Waals surface area (Å²) in [5.74, 6) is -1.55. The van der Waals surface area contributed by atoms with Crippen molar-refractivity contribution in [3.63, 3.8) is 0 Å². The molecule has 0 aliphatic rings. The zero-order valence-corrected chi connectivity index (χ0v) is 18.5. The molecule has 3 N–H and O–H groups in total. The number of hydrogen-bond donors (Lipinski definition) is 3. The Hall–Kier alpha value is -3.91. The van der Waals surface area contributed by atoms with Crippen LogP contribution in [0.2, 0.25) is 0 Å². The van der Waals surface area contributed by atoms with Crippen molar-refractivity contribution in [2.45, 2.75) is 0 Å². The smallest absolute Gasteiger partial charge is 0.335 e. The predicted molar refractivity (Wildman–Crippen MR) is 125 cm³/mol. The highest BCUT2D eigenvalue weighted by molar-refractivity contribution is 9.10. The van der Waals surface area contributed by atoms with Gasteiger partial charge >= 0.3 is 5.97 Å². The molecule has 7 nitrogen and oxygen atoms in total. The first-order chi connectivity index (χ1) is 15.4. The molecule has 0 heterocycles. The summed E-state index contributed by atoms with van der Waals surface area (Å²) in [6.07, 6.45) is 1.52. The van der Waals surface area contributed by atoms with Crippen LogP contribution < -0.4 is 15.4 Å². The highest BCUT2D eigenvalue weighted by Gasteiger charge is 2.17. The van der Waals surface area contributed by atoms with Crippen molar-refractivity contribution in [2.75, 3.05) is 12.4 Å². The Balaban J connectivity index is 1.91. The maximum absolute atomic E-state index is 13.0. The van der Waals surface area contributed by atoms with Gasteiger partial charge in [-0.25, -0.2) is 4.79 Å². The van der Waals surface area contributed by atoms with Gasteiger partial charge in [-0.3, -0.25) is 9.59 Å². The van der Waals surface area contributed by atoms with E-state index in [0.717, 1.165) is 0 Å². The molecule has 162 valence electrons. The normalized spacial score (nSPS) is 10.9. The fourth-order valence-corrected chi connectivity index (χ4v) is 3.25. The van der Waals surface area contributed by atoms with Gasteiger partial charge in [-0.15, -0.1) is 0 Å². The standard InChI is InChI=1S/C24H19BrN2O5/c1-32-18-11-9-15(10-12-18)13-21(27-22(28)19-7-2-3-8-20(19)25)23(29)26-17-6-4-5-16(14-17)24(30)31/h2-14H,1H3,(H,26,29)(H,27,28)(H,30,31)/b21-13+. The molecule has 3 aromatic rings. The molecule has 32 heavy (non-hydrogen) atoms. The minimum atomic E-state index is -1.11. The molecule has 0 aliphatic heterocycles. The Morgan fingerprint density at radius 1 is 0.969 bits per heavy atom. The third-order valence-electron chi connectivity index (χ3n) is 4.41. The lowest BCUT2D eigenvalue weighted by atomic mass is 10.1. The zero-order valence-electron chi connectivity index (χ0n) is 17.0. The Labute approximate surface area is 192 Å². The van der Waals surface area contributed by atoms with E-state index in [1.807, 2.05) is 0 Å². The predicted octanol–water partition coefficient (Wildman–Crippen LogP) is 4.57. The molecule has 0 aromatic heterocycles. The average molecular weight is 495 g/mol. The number of hydrogen-bond acceptors (Lipinski definition) is 4. The van der Waals surface area contributed by atoms with Gasteiger partial charge < -0.3 is 20.5 Å². The van der Waals surface area contributed by atoms with Crippen LogP contribution in [0.1, 0.15) is 26.3 Å². The van der Waals surface area contributed by atoms with E-state index >= 15 is 0 Å². The second kappa shape index (κ2) is 10.4. The molecule has 8 heteroatoms. The van der Waals surface area contributed by atoms with E-state index < -0.39 is 17.8 Å². The molecule has 0 saturated carbocycles. The summed E-state index contributed by atoms with van der Waals surface area (Å²) in [4.78, 5) is 37.0. The first-order valence-corrected chi connectivity index (χ1v) is 10.2. The Bertz CT molecular complexity index is 1190. The molecule has 0 saturated heterocycles. The molecule has 0 unspecified atom stereocenters. The molecular formula is C24H19BrN2O5. The van der Waals surface area contributed by atoms with Gasteiger partial charge in [0.2, 0.25) is 0 Å². The van der Waals surface area contributed by atoms with Crippen molar-refractivity contribution in [3.05, 3.63) is 99.7 Å². The molecule has 0 bridgehead atoms. The van der Waals surface area contributed by atoms with Gasteiger partial charge in [0.1, 0.15) is 11.4 Å². The van der Waals surface area contributed by atoms with Crippen LogP contribution in [0.3, 0.4) is 0 Å². The molecular weight excluding hydrogens is 476 g/mol. The van der Waals surface area contributed by atoms with Crippen LogP contribution in [0.4, 0.5) is 5.69 Å². The zero-order chi connectivity index (χ0) is 23.1. The van der Waals surface area contributed by atoms with E-state index in [1.165, 1.54) is 24.3 Å². The number of carbonyl (C=O) groups excluding carboxylic acids is 2. The molecule has 0 fully saturated rings. The molecule has 0 aliphatic carbocycles. The number of carbonyl (C=O) groups is 3. The summed E-state index contributed by atoms with van der Waals surface area (Å²) in [7, 11) is 1.55. The van der Waals surface area contributed by atoms with Gasteiger partial charge in [-0.1, -0.05) is 30.3 Å². The van der Waals surface area contributed by atoms with Crippen LogP contribution in [-0.4, -0.2) is 30.0 Å². The summed E-state index contributed by atoms with van der Waals surface area (Å²) in [5.41, 5.74) is 1.31. The van der Waals surface area contributed by atoms with Crippen molar-refractivity contribution < 1.29 is 24.2 Å². The van der Waals surface area contributed by atoms with Crippen molar-refractivity contribution in [3.8, 4) is 5.75 Å². The van der Waals surface area contributed by atoms with Crippen LogP contribution in [0.15, 0.2) is 83.0 Å². The molecule has 0 radical (unpaired) electrons. The number of rotatable bonds is 7. The SMILES string of the molecule is COc1ccc(/C=C(/NC(=O)c2ccccc2Br)C(=O)Nc2cccc(C(=O)O)c2)cc1. The summed E-state index contributed by atoms with van der Waals surface area (Å²) in [5, 5.41) is 14.4. The van der Waals surface area contributed by atoms with Gasteiger partial charge in [-0.05, 0) is 70.0 Å². The topological polar surface area (TPSA) is 105 Å². The largest absolute Gasteiger partial charge is 0.497 e. The maximum Gasteiger partial charge on any atom is 0.335 e. The maximum atomic E-state index is 13.0. The van der Waals surface area contributed by atoms with Crippen molar-refractivity contribution in [1.82, 2.24) is 5.32 Å². The second-order valence-electron chi connectivity index (χ2n) is 6.61. The minimum absolute atomic E-state index is 0.0170. The quantitative estimate of drug-likeness (QED) is 0.417. The average Bonchev–Trinajstić information content (AvgIpc) is 2.79. The number of benzene rings is 3. The van der Waals surface area contributed by atoms with E-state index in [2.05, 4.69) is 26.6 Å². The Morgan fingerprint density at radius 2 is 1.69 bits per heavy atom. The fraction of sp³-hybridized carbons (Fsp3) is 0.0417. The third-order valence-corrected chi connectivity index (χ3v) is 5.10. The summed E-state index contributed by atoms with van der Waals surface area (Å²) < 4.78 is 5.72. The minimum Gasteiger partial charge on any atom is -0.497 e. The lowest BCUT2D eigenvalue weighted by Gasteiger charge is -2.12. The number of halogens is 1. The van der Waals surface area contributed by atoms with E-state index in [0.29, 0.717) is 21.3 Å². The van der Waals surface area contributed by atoms with Crippen LogP contribution in [0.25, 0.3) is 6.08 Å². The molecule has 0 atom stereocenters. The molecule has 3 aromatic carbocycles.